The molecule has 1 atom stereocenters. The smallest absolute Gasteiger partial charge is 0.307 e. The van der Waals surface area contributed by atoms with Crippen LogP contribution in [0.5, 0.6) is 0 Å². The Balaban J connectivity index is 1.61. The summed E-state index contributed by atoms with van der Waals surface area (Å²) >= 11 is 1.61. The molecule has 140 valence electrons. The van der Waals surface area contributed by atoms with Gasteiger partial charge in [-0.25, -0.2) is 0 Å². The Morgan fingerprint density at radius 1 is 1.30 bits per heavy atom. The minimum absolute atomic E-state index is 0.0421. The predicted octanol–water partition coefficient (Wildman–Crippen LogP) is 3.19. The Morgan fingerprint density at radius 3 is 2.89 bits per heavy atom. The van der Waals surface area contributed by atoms with E-state index in [0.29, 0.717) is 6.42 Å². The van der Waals surface area contributed by atoms with Crippen LogP contribution in [-0.2, 0) is 35.3 Å². The van der Waals surface area contributed by atoms with E-state index in [1.807, 2.05) is 53.2 Å². The molecule has 1 aliphatic rings. The number of hydrogen-bond donors (Lipinski definition) is 1. The number of carbonyl (C=O) groups excluding carboxylic acids is 1. The summed E-state index contributed by atoms with van der Waals surface area (Å²) in [6.07, 6.45) is 4.90. The minimum Gasteiger partial charge on any atom is -0.481 e. The summed E-state index contributed by atoms with van der Waals surface area (Å²) in [4.78, 5) is 25.9. The molecule has 0 saturated carbocycles. The molecule has 0 unspecified atom stereocenters. The summed E-state index contributed by atoms with van der Waals surface area (Å²) in [6.45, 7) is 0. The summed E-state index contributed by atoms with van der Waals surface area (Å²) in [5.41, 5.74) is 5.25. The van der Waals surface area contributed by atoms with Crippen LogP contribution in [0.25, 0.3) is 5.52 Å². The molecule has 1 amide bonds. The molecular weight excluding hydrogens is 360 g/mol. The molecule has 0 spiro atoms. The topological polar surface area (TPSA) is 62.0 Å². The first-order chi connectivity index (χ1) is 13.0. The maximum atomic E-state index is 12.7. The second-order valence-corrected chi connectivity index (χ2v) is 7.92. The highest BCUT2D eigenvalue weighted by molar-refractivity contribution is 7.08. The average Bonchev–Trinajstić information content (AvgIpc) is 3.27. The molecule has 5 nitrogen and oxygen atoms in total. The van der Waals surface area contributed by atoms with Crippen molar-refractivity contribution in [1.29, 1.82) is 0 Å². The fourth-order valence-corrected chi connectivity index (χ4v) is 4.80. The first kappa shape index (κ1) is 17.8. The summed E-state index contributed by atoms with van der Waals surface area (Å²) in [5, 5.41) is 13.3. The Hall–Kier alpha value is -2.60. The number of aromatic nitrogens is 1. The molecule has 4 rings (SSSR count). The molecular formula is C21H22N2O3S. The number of fused-ring (bicyclic) bond motifs is 3. The van der Waals surface area contributed by atoms with Gasteiger partial charge in [-0.3, -0.25) is 9.59 Å². The van der Waals surface area contributed by atoms with Crippen molar-refractivity contribution in [3.05, 3.63) is 63.6 Å². The van der Waals surface area contributed by atoms with E-state index in [0.717, 1.165) is 47.2 Å². The number of nitrogens with zero attached hydrogens (tertiary/aromatic N) is 2. The van der Waals surface area contributed by atoms with Crippen LogP contribution in [0.2, 0.25) is 0 Å². The number of pyridine rings is 1. The summed E-state index contributed by atoms with van der Waals surface area (Å²) in [6, 6.07) is 8.03. The zero-order valence-electron chi connectivity index (χ0n) is 15.2. The Kier molecular flexibility index (Phi) is 4.74. The second-order valence-electron chi connectivity index (χ2n) is 7.14. The lowest BCUT2D eigenvalue weighted by atomic mass is 9.89. The number of hydrogen-bond acceptors (Lipinski definition) is 3. The summed E-state index contributed by atoms with van der Waals surface area (Å²) < 4.78 is 2.11. The van der Waals surface area contributed by atoms with Crippen LogP contribution in [-0.4, -0.2) is 39.4 Å². The van der Waals surface area contributed by atoms with Crippen LogP contribution < -0.4 is 0 Å². The lowest BCUT2D eigenvalue weighted by Crippen LogP contribution is -2.41. The van der Waals surface area contributed by atoms with Gasteiger partial charge in [-0.1, -0.05) is 6.07 Å². The third-order valence-corrected chi connectivity index (χ3v) is 6.27. The molecule has 3 aromatic heterocycles. The number of likely N-dealkylation sites (N-methyl/N-ethyl adjacent to an activating group) is 1. The van der Waals surface area contributed by atoms with E-state index >= 15 is 0 Å². The molecule has 0 bridgehead atoms. The van der Waals surface area contributed by atoms with Crippen LogP contribution in [0.3, 0.4) is 0 Å². The van der Waals surface area contributed by atoms with Gasteiger partial charge in [0.1, 0.15) is 0 Å². The van der Waals surface area contributed by atoms with Crippen LogP contribution in [0.4, 0.5) is 0 Å². The van der Waals surface area contributed by atoms with Gasteiger partial charge in [0.05, 0.1) is 12.8 Å². The highest BCUT2D eigenvalue weighted by Gasteiger charge is 2.30. The standard InChI is InChI=1S/C21H22N2O3S/c1-22(20(24)10-14-7-9-27-13-14)15-5-6-16-17(12-21(25)26)18-4-2-3-8-23(18)19(16)11-15/h2-4,7-9,13,15H,5-6,10-12H2,1H3,(H,25,26)/t15-/m1/s1. The zero-order valence-corrected chi connectivity index (χ0v) is 16.0. The van der Waals surface area contributed by atoms with Crippen molar-refractivity contribution < 1.29 is 14.7 Å². The molecule has 27 heavy (non-hydrogen) atoms. The van der Waals surface area contributed by atoms with Gasteiger partial charge < -0.3 is 14.4 Å². The van der Waals surface area contributed by atoms with Crippen molar-refractivity contribution in [3.8, 4) is 0 Å². The van der Waals surface area contributed by atoms with Crippen molar-refractivity contribution in [2.45, 2.75) is 38.1 Å². The highest BCUT2D eigenvalue weighted by atomic mass is 32.1. The third kappa shape index (κ3) is 3.37. The number of carboxylic acid groups (broad SMARTS) is 1. The van der Waals surface area contributed by atoms with E-state index in [1.165, 1.54) is 0 Å². The fraction of sp³-hybridized carbons (Fsp3) is 0.333. The SMILES string of the molecule is CN(C(=O)Cc1ccsc1)[C@@H]1CCc2c(CC(=O)O)c3ccccn3c2C1. The van der Waals surface area contributed by atoms with Gasteiger partial charge in [-0.2, -0.15) is 11.3 Å². The molecule has 3 aromatic rings. The van der Waals surface area contributed by atoms with E-state index < -0.39 is 5.97 Å². The van der Waals surface area contributed by atoms with Gasteiger partial charge in [-0.05, 0) is 58.5 Å². The molecule has 1 aliphatic carbocycles. The zero-order chi connectivity index (χ0) is 19.0. The van der Waals surface area contributed by atoms with E-state index in [2.05, 4.69) is 4.40 Å². The lowest BCUT2D eigenvalue weighted by Gasteiger charge is -2.32. The Bertz CT molecular complexity index is 990. The van der Waals surface area contributed by atoms with E-state index in [-0.39, 0.29) is 18.4 Å². The molecule has 0 fully saturated rings. The monoisotopic (exact) mass is 382 g/mol. The van der Waals surface area contributed by atoms with Crippen LogP contribution >= 0.6 is 11.3 Å². The fourth-order valence-electron chi connectivity index (χ4n) is 4.13. The van der Waals surface area contributed by atoms with Crippen molar-refractivity contribution in [2.24, 2.45) is 0 Å². The van der Waals surface area contributed by atoms with Gasteiger partial charge in [-0.15, -0.1) is 0 Å². The van der Waals surface area contributed by atoms with Gasteiger partial charge in [0.15, 0.2) is 0 Å². The quantitative estimate of drug-likeness (QED) is 0.737. The first-order valence-electron chi connectivity index (χ1n) is 9.12. The Morgan fingerprint density at radius 2 is 2.15 bits per heavy atom. The number of amides is 1. The normalized spacial score (nSPS) is 16.3. The van der Waals surface area contributed by atoms with Crippen molar-refractivity contribution in [2.75, 3.05) is 7.05 Å². The lowest BCUT2D eigenvalue weighted by molar-refractivity contribution is -0.136. The predicted molar refractivity (Wildman–Crippen MR) is 105 cm³/mol. The molecule has 0 radical (unpaired) electrons. The molecule has 1 N–H and O–H groups in total. The van der Waals surface area contributed by atoms with Gasteiger partial charge in [0.2, 0.25) is 5.91 Å². The van der Waals surface area contributed by atoms with Crippen LogP contribution in [0.15, 0.2) is 41.2 Å². The maximum Gasteiger partial charge on any atom is 0.307 e. The number of carboxylic acids is 1. The largest absolute Gasteiger partial charge is 0.481 e. The van der Waals surface area contributed by atoms with Crippen molar-refractivity contribution >= 4 is 28.7 Å². The molecule has 0 aliphatic heterocycles. The Labute approximate surface area is 161 Å². The van der Waals surface area contributed by atoms with Crippen molar-refractivity contribution in [3.63, 3.8) is 0 Å². The molecule has 0 saturated heterocycles. The van der Waals surface area contributed by atoms with Crippen molar-refractivity contribution in [1.82, 2.24) is 9.30 Å². The maximum absolute atomic E-state index is 12.7. The molecule has 3 heterocycles. The number of carbonyl (C=O) groups is 2. The number of rotatable bonds is 5. The summed E-state index contributed by atoms with van der Waals surface area (Å²) in [7, 11) is 1.89. The number of thiophene rings is 1. The third-order valence-electron chi connectivity index (χ3n) is 5.53. The number of aliphatic carboxylic acids is 1. The van der Waals surface area contributed by atoms with Gasteiger partial charge in [0, 0.05) is 36.9 Å². The van der Waals surface area contributed by atoms with Gasteiger partial charge in [0.25, 0.3) is 0 Å². The van der Waals surface area contributed by atoms with E-state index in [4.69, 9.17) is 0 Å². The van der Waals surface area contributed by atoms with Crippen LogP contribution in [0, 0.1) is 0 Å². The minimum atomic E-state index is -0.806. The van der Waals surface area contributed by atoms with E-state index in [9.17, 15) is 14.7 Å². The second kappa shape index (κ2) is 7.19. The molecule has 6 heteroatoms. The highest BCUT2D eigenvalue weighted by Crippen LogP contribution is 2.32. The van der Waals surface area contributed by atoms with Gasteiger partial charge >= 0.3 is 5.97 Å². The molecule has 0 aromatic carbocycles. The van der Waals surface area contributed by atoms with Crippen LogP contribution in [0.1, 0.15) is 28.8 Å². The first-order valence-corrected chi connectivity index (χ1v) is 10.1. The average molecular weight is 382 g/mol. The summed E-state index contributed by atoms with van der Waals surface area (Å²) in [5.74, 6) is -0.673. The van der Waals surface area contributed by atoms with E-state index in [1.54, 1.807) is 11.3 Å².